The van der Waals surface area contributed by atoms with E-state index in [0.29, 0.717) is 17.0 Å². The molecule has 5 N–H and O–H groups in total. The molecule has 0 saturated carbocycles. The van der Waals surface area contributed by atoms with Crippen LogP contribution in [0.5, 0.6) is 5.75 Å². The zero-order valence-electron chi connectivity index (χ0n) is 12.3. The summed E-state index contributed by atoms with van der Waals surface area (Å²) in [6.07, 6.45) is 1.45. The number of benzene rings is 2. The van der Waals surface area contributed by atoms with Gasteiger partial charge in [-0.2, -0.15) is 5.10 Å². The van der Waals surface area contributed by atoms with Crippen LogP contribution in [0.1, 0.15) is 5.56 Å². The predicted octanol–water partition coefficient (Wildman–Crippen LogP) is 1.31. The number of hydrogen-bond donors (Lipinski definition) is 3. The first-order valence-electron chi connectivity index (χ1n) is 6.84. The van der Waals surface area contributed by atoms with Gasteiger partial charge in [0.25, 0.3) is 5.91 Å². The number of nitrogens with two attached hydrogens (primary N) is 2. The van der Waals surface area contributed by atoms with Crippen LogP contribution in [0.2, 0.25) is 0 Å². The zero-order valence-corrected chi connectivity index (χ0v) is 12.3. The van der Waals surface area contributed by atoms with Gasteiger partial charge in [0, 0.05) is 11.3 Å². The van der Waals surface area contributed by atoms with Crippen molar-refractivity contribution >= 4 is 23.8 Å². The predicted molar refractivity (Wildman–Crippen MR) is 90.4 cm³/mol. The van der Waals surface area contributed by atoms with Crippen LogP contribution >= 0.6 is 0 Å². The van der Waals surface area contributed by atoms with Gasteiger partial charge in [-0.15, -0.1) is 5.10 Å². The van der Waals surface area contributed by atoms with E-state index >= 15 is 0 Å². The van der Waals surface area contributed by atoms with Gasteiger partial charge in [0.15, 0.2) is 6.61 Å². The molecule has 0 heterocycles. The largest absolute Gasteiger partial charge is 0.483 e. The molecule has 0 bridgehead atoms. The topological polar surface area (TPSA) is 115 Å². The van der Waals surface area contributed by atoms with Crippen molar-refractivity contribution in [2.45, 2.75) is 0 Å². The number of nitrogens with zero attached hydrogens (tertiary/aromatic N) is 2. The number of nitrogens with one attached hydrogen (secondary N) is 1. The lowest BCUT2D eigenvalue weighted by Gasteiger charge is -2.09. The van der Waals surface area contributed by atoms with E-state index in [4.69, 9.17) is 16.2 Å². The Morgan fingerprint density at radius 3 is 2.52 bits per heavy atom. The Morgan fingerprint density at radius 2 is 1.78 bits per heavy atom. The third kappa shape index (κ3) is 5.50. The molecule has 0 unspecified atom stereocenters. The van der Waals surface area contributed by atoms with Crippen molar-refractivity contribution in [3.8, 4) is 5.75 Å². The lowest BCUT2D eigenvalue weighted by molar-refractivity contribution is -0.118. The molecule has 7 nitrogen and oxygen atoms in total. The van der Waals surface area contributed by atoms with Gasteiger partial charge in [0.1, 0.15) is 5.75 Å². The maximum absolute atomic E-state index is 11.9. The SMILES string of the molecule is NC(N)=NN=Cc1ccccc1OCC(=O)Nc1ccccc1. The van der Waals surface area contributed by atoms with Crippen molar-refractivity contribution < 1.29 is 9.53 Å². The van der Waals surface area contributed by atoms with Crippen molar-refractivity contribution in [1.29, 1.82) is 0 Å². The maximum atomic E-state index is 11.9. The smallest absolute Gasteiger partial charge is 0.262 e. The lowest BCUT2D eigenvalue weighted by Crippen LogP contribution is -2.21. The molecular weight excluding hydrogens is 294 g/mol. The Morgan fingerprint density at radius 1 is 1.09 bits per heavy atom. The average molecular weight is 311 g/mol. The van der Waals surface area contributed by atoms with E-state index in [-0.39, 0.29) is 18.5 Å². The normalized spacial score (nSPS) is 10.3. The van der Waals surface area contributed by atoms with Crippen molar-refractivity contribution in [3.63, 3.8) is 0 Å². The van der Waals surface area contributed by atoms with E-state index in [1.54, 1.807) is 30.3 Å². The Balaban J connectivity index is 1.96. The number of hydrogen-bond acceptors (Lipinski definition) is 4. The first-order valence-corrected chi connectivity index (χ1v) is 6.84. The summed E-state index contributed by atoms with van der Waals surface area (Å²) in [5.41, 5.74) is 11.8. The summed E-state index contributed by atoms with van der Waals surface area (Å²) in [4.78, 5) is 11.9. The molecule has 0 aliphatic rings. The number of carbonyl (C=O) groups excluding carboxylic acids is 1. The van der Waals surface area contributed by atoms with Crippen LogP contribution in [0.3, 0.4) is 0 Å². The van der Waals surface area contributed by atoms with E-state index in [0.717, 1.165) is 0 Å². The minimum atomic E-state index is -0.257. The molecule has 118 valence electrons. The molecule has 23 heavy (non-hydrogen) atoms. The second-order valence-corrected chi connectivity index (χ2v) is 4.51. The summed E-state index contributed by atoms with van der Waals surface area (Å²) in [6.45, 7) is -0.123. The molecule has 7 heteroatoms. The van der Waals surface area contributed by atoms with E-state index in [1.165, 1.54) is 6.21 Å². The third-order valence-corrected chi connectivity index (χ3v) is 2.71. The molecule has 2 aromatic carbocycles. The number of para-hydroxylation sites is 2. The van der Waals surface area contributed by atoms with Crippen molar-refractivity contribution in [2.24, 2.45) is 21.7 Å². The van der Waals surface area contributed by atoms with Gasteiger partial charge in [0.05, 0.1) is 6.21 Å². The number of guanidine groups is 1. The van der Waals surface area contributed by atoms with E-state index in [9.17, 15) is 4.79 Å². The number of ether oxygens (including phenoxy) is 1. The Bertz CT molecular complexity index is 709. The summed E-state index contributed by atoms with van der Waals surface area (Å²) in [6, 6.07) is 16.3. The fourth-order valence-electron chi connectivity index (χ4n) is 1.74. The average Bonchev–Trinajstić information content (AvgIpc) is 2.54. The van der Waals surface area contributed by atoms with Crippen molar-refractivity contribution in [2.75, 3.05) is 11.9 Å². The highest BCUT2D eigenvalue weighted by Crippen LogP contribution is 2.16. The van der Waals surface area contributed by atoms with Gasteiger partial charge in [-0.3, -0.25) is 4.79 Å². The van der Waals surface area contributed by atoms with Crippen LogP contribution in [0.4, 0.5) is 5.69 Å². The highest BCUT2D eigenvalue weighted by molar-refractivity contribution is 5.92. The second kappa shape index (κ2) is 8.18. The summed E-state index contributed by atoms with van der Waals surface area (Å²) in [7, 11) is 0. The molecule has 1 amide bonds. The third-order valence-electron chi connectivity index (χ3n) is 2.71. The molecule has 0 aromatic heterocycles. The number of carbonyl (C=O) groups is 1. The molecule has 0 saturated heterocycles. The summed E-state index contributed by atoms with van der Waals surface area (Å²) >= 11 is 0. The van der Waals surface area contributed by atoms with Gasteiger partial charge in [-0.1, -0.05) is 30.3 Å². The Kier molecular flexibility index (Phi) is 5.70. The first-order chi connectivity index (χ1) is 11.1. The number of rotatable bonds is 6. The number of amides is 1. The molecule has 2 rings (SSSR count). The lowest BCUT2D eigenvalue weighted by atomic mass is 10.2. The molecule has 0 atom stereocenters. The molecule has 0 fully saturated rings. The molecule has 0 radical (unpaired) electrons. The van der Waals surface area contributed by atoms with Gasteiger partial charge >= 0.3 is 0 Å². The molecule has 0 aliphatic heterocycles. The highest BCUT2D eigenvalue weighted by Gasteiger charge is 2.06. The maximum Gasteiger partial charge on any atom is 0.262 e. The molecule has 2 aromatic rings. The quantitative estimate of drug-likeness (QED) is 0.424. The van der Waals surface area contributed by atoms with Gasteiger partial charge in [0.2, 0.25) is 5.96 Å². The summed E-state index contributed by atoms with van der Waals surface area (Å²) in [5.74, 6) is 0.110. The van der Waals surface area contributed by atoms with E-state index in [1.807, 2.05) is 24.3 Å². The van der Waals surface area contributed by atoms with E-state index in [2.05, 4.69) is 15.5 Å². The van der Waals surface area contributed by atoms with Crippen LogP contribution in [0, 0.1) is 0 Å². The van der Waals surface area contributed by atoms with Crippen LogP contribution in [0.25, 0.3) is 0 Å². The first kappa shape index (κ1) is 16.0. The highest BCUT2D eigenvalue weighted by atomic mass is 16.5. The summed E-state index contributed by atoms with van der Waals surface area (Å²) in [5, 5.41) is 9.99. The van der Waals surface area contributed by atoms with Crippen LogP contribution < -0.4 is 21.5 Å². The fraction of sp³-hybridized carbons (Fsp3) is 0.0625. The minimum absolute atomic E-state index is 0.123. The van der Waals surface area contributed by atoms with Crippen LogP contribution in [0.15, 0.2) is 64.8 Å². The fourth-order valence-corrected chi connectivity index (χ4v) is 1.74. The minimum Gasteiger partial charge on any atom is -0.483 e. The molecular formula is C16H17N5O2. The summed E-state index contributed by atoms with van der Waals surface area (Å²) < 4.78 is 5.51. The Hall–Kier alpha value is -3.35. The molecule has 0 spiro atoms. The van der Waals surface area contributed by atoms with Gasteiger partial charge in [-0.05, 0) is 24.3 Å². The standard InChI is InChI=1S/C16H17N5O2/c17-16(18)21-19-10-12-6-4-5-9-14(12)23-11-15(22)20-13-7-2-1-3-8-13/h1-10H,11H2,(H,20,22)(H4,17,18,21). The van der Waals surface area contributed by atoms with Gasteiger partial charge < -0.3 is 21.5 Å². The van der Waals surface area contributed by atoms with Crippen molar-refractivity contribution in [1.82, 2.24) is 0 Å². The number of anilines is 1. The van der Waals surface area contributed by atoms with Crippen molar-refractivity contribution in [3.05, 3.63) is 60.2 Å². The van der Waals surface area contributed by atoms with Gasteiger partial charge in [-0.25, -0.2) is 0 Å². The van der Waals surface area contributed by atoms with Crippen LogP contribution in [-0.4, -0.2) is 24.7 Å². The zero-order chi connectivity index (χ0) is 16.5. The second-order valence-electron chi connectivity index (χ2n) is 4.51. The molecule has 0 aliphatic carbocycles. The van der Waals surface area contributed by atoms with Crippen LogP contribution in [-0.2, 0) is 4.79 Å². The van der Waals surface area contributed by atoms with E-state index < -0.39 is 0 Å². The monoisotopic (exact) mass is 311 g/mol. The Labute approximate surface area is 133 Å².